The van der Waals surface area contributed by atoms with Crippen molar-refractivity contribution in [3.8, 4) is 11.1 Å². The predicted molar refractivity (Wildman–Crippen MR) is 120 cm³/mol. The minimum absolute atomic E-state index is 0.0227. The largest absolute Gasteiger partial charge is 0.449 e. The zero-order chi connectivity index (χ0) is 22.7. The Bertz CT molecular complexity index is 1080. The van der Waals surface area contributed by atoms with Crippen molar-refractivity contribution in [2.45, 2.75) is 24.5 Å². The molecule has 0 fully saturated rings. The first-order chi connectivity index (χ1) is 15.5. The number of carbonyl (C=O) groups is 1. The highest BCUT2D eigenvalue weighted by molar-refractivity contribution is 6.29. The van der Waals surface area contributed by atoms with Gasteiger partial charge in [0, 0.05) is 18.0 Å². The first-order valence-electron chi connectivity index (χ1n) is 10.2. The van der Waals surface area contributed by atoms with Crippen LogP contribution in [0.2, 0.25) is 5.15 Å². The van der Waals surface area contributed by atoms with E-state index in [1.165, 1.54) is 6.07 Å². The number of nitrogens with two attached hydrogens (primary N) is 1. The molecule has 1 amide bonds. The van der Waals surface area contributed by atoms with Gasteiger partial charge in [0.15, 0.2) is 11.0 Å². The van der Waals surface area contributed by atoms with Crippen molar-refractivity contribution < 1.29 is 19.7 Å². The number of alkyl carbamates (subject to hydrolysis) is 1. The molecule has 0 aliphatic heterocycles. The molecule has 0 saturated carbocycles. The Kier molecular flexibility index (Phi) is 6.55. The van der Waals surface area contributed by atoms with Gasteiger partial charge in [-0.15, -0.1) is 10.2 Å². The normalized spacial score (nSPS) is 14.3. The van der Waals surface area contributed by atoms with E-state index < -0.39 is 18.3 Å². The predicted octanol–water partition coefficient (Wildman–Crippen LogP) is 3.04. The van der Waals surface area contributed by atoms with Gasteiger partial charge < -0.3 is 26.0 Å². The van der Waals surface area contributed by atoms with Gasteiger partial charge in [0.2, 0.25) is 0 Å². The molecule has 3 aromatic rings. The molecule has 0 saturated heterocycles. The van der Waals surface area contributed by atoms with Gasteiger partial charge in [0.05, 0.1) is 6.10 Å². The van der Waals surface area contributed by atoms with Crippen LogP contribution in [0, 0.1) is 0 Å². The lowest BCUT2D eigenvalue weighted by molar-refractivity contribution is 0.0138. The van der Waals surface area contributed by atoms with Crippen LogP contribution in [-0.4, -0.2) is 45.8 Å². The Morgan fingerprint density at radius 3 is 2.38 bits per heavy atom. The SMILES string of the molecule is Nc1nnc(Cl)cc1C(O)C(O)CCNC(=O)OCC1c2ccccc2-c2ccccc21. The summed E-state index contributed by atoms with van der Waals surface area (Å²) in [5, 5.41) is 30.4. The highest BCUT2D eigenvalue weighted by Gasteiger charge is 2.29. The second-order valence-electron chi connectivity index (χ2n) is 7.56. The van der Waals surface area contributed by atoms with Crippen LogP contribution < -0.4 is 11.1 Å². The number of nitrogens with zero attached hydrogens (tertiary/aromatic N) is 2. The van der Waals surface area contributed by atoms with Crippen molar-refractivity contribution in [1.82, 2.24) is 15.5 Å². The summed E-state index contributed by atoms with van der Waals surface area (Å²) in [6, 6.07) is 17.5. The minimum atomic E-state index is -1.31. The number of hydrogen-bond acceptors (Lipinski definition) is 7. The lowest BCUT2D eigenvalue weighted by Gasteiger charge is -2.19. The highest BCUT2D eigenvalue weighted by Crippen LogP contribution is 2.44. The summed E-state index contributed by atoms with van der Waals surface area (Å²) in [6.07, 6.45) is -3.02. The Labute approximate surface area is 190 Å². The molecule has 166 valence electrons. The van der Waals surface area contributed by atoms with E-state index in [0.29, 0.717) is 0 Å². The van der Waals surface area contributed by atoms with Crippen molar-refractivity contribution in [3.05, 3.63) is 76.4 Å². The van der Waals surface area contributed by atoms with E-state index in [1.807, 2.05) is 36.4 Å². The maximum absolute atomic E-state index is 12.2. The lowest BCUT2D eigenvalue weighted by atomic mass is 9.98. The number of fused-ring (bicyclic) bond motifs is 3. The number of aliphatic hydroxyl groups excluding tert-OH is 2. The van der Waals surface area contributed by atoms with Crippen LogP contribution in [-0.2, 0) is 4.74 Å². The second-order valence-corrected chi connectivity index (χ2v) is 7.95. The molecular formula is C23H23ClN4O4. The average Bonchev–Trinajstić information content (AvgIpc) is 3.12. The van der Waals surface area contributed by atoms with Gasteiger partial charge in [-0.3, -0.25) is 0 Å². The third kappa shape index (κ3) is 4.52. The van der Waals surface area contributed by atoms with Crippen LogP contribution in [0.15, 0.2) is 54.6 Å². The Morgan fingerprint density at radius 1 is 1.09 bits per heavy atom. The molecule has 5 N–H and O–H groups in total. The molecule has 1 heterocycles. The maximum atomic E-state index is 12.2. The van der Waals surface area contributed by atoms with E-state index in [9.17, 15) is 15.0 Å². The Hall–Kier alpha value is -3.20. The molecule has 1 aliphatic carbocycles. The Balaban J connectivity index is 1.29. The number of benzene rings is 2. The number of amides is 1. The summed E-state index contributed by atoms with van der Waals surface area (Å²) >= 11 is 5.77. The summed E-state index contributed by atoms with van der Waals surface area (Å²) in [6.45, 7) is 0.295. The van der Waals surface area contributed by atoms with Crippen molar-refractivity contribution in [1.29, 1.82) is 0 Å². The molecule has 4 rings (SSSR count). The van der Waals surface area contributed by atoms with Crippen molar-refractivity contribution in [2.75, 3.05) is 18.9 Å². The zero-order valence-electron chi connectivity index (χ0n) is 17.1. The molecule has 2 aromatic carbocycles. The number of anilines is 1. The van der Waals surface area contributed by atoms with E-state index in [4.69, 9.17) is 22.1 Å². The van der Waals surface area contributed by atoms with E-state index in [-0.39, 0.29) is 42.0 Å². The van der Waals surface area contributed by atoms with Crippen LogP contribution in [0.4, 0.5) is 10.6 Å². The van der Waals surface area contributed by atoms with E-state index in [0.717, 1.165) is 22.3 Å². The maximum Gasteiger partial charge on any atom is 0.407 e. The standard InChI is InChI=1S/C23H23ClN4O4/c24-20-11-17(22(25)28-27-20)21(30)19(29)9-10-26-23(31)32-12-18-15-7-3-1-5-13(15)14-6-2-4-8-16(14)18/h1-8,11,18-19,21,29-30H,9-10,12H2,(H2,25,28)(H,26,31). The summed E-state index contributed by atoms with van der Waals surface area (Å²) in [4.78, 5) is 12.2. The van der Waals surface area contributed by atoms with E-state index >= 15 is 0 Å². The molecule has 8 nitrogen and oxygen atoms in total. The minimum Gasteiger partial charge on any atom is -0.449 e. The molecule has 2 unspecified atom stereocenters. The zero-order valence-corrected chi connectivity index (χ0v) is 17.9. The van der Waals surface area contributed by atoms with Crippen LogP contribution in [0.3, 0.4) is 0 Å². The van der Waals surface area contributed by atoms with Crippen molar-refractivity contribution in [2.24, 2.45) is 0 Å². The summed E-state index contributed by atoms with van der Waals surface area (Å²) in [7, 11) is 0. The fourth-order valence-corrected chi connectivity index (χ4v) is 4.12. The fourth-order valence-electron chi connectivity index (χ4n) is 3.96. The molecule has 1 aliphatic rings. The van der Waals surface area contributed by atoms with Crippen molar-refractivity contribution in [3.63, 3.8) is 0 Å². The number of halogens is 1. The number of nitrogen functional groups attached to an aromatic ring is 1. The van der Waals surface area contributed by atoms with E-state index in [2.05, 4.69) is 27.6 Å². The van der Waals surface area contributed by atoms with Crippen LogP contribution in [0.1, 0.15) is 35.1 Å². The summed E-state index contributed by atoms with van der Waals surface area (Å²) < 4.78 is 5.45. The monoisotopic (exact) mass is 454 g/mol. The number of hydrogen-bond donors (Lipinski definition) is 4. The van der Waals surface area contributed by atoms with Gasteiger partial charge in [-0.2, -0.15) is 0 Å². The smallest absolute Gasteiger partial charge is 0.407 e. The first-order valence-corrected chi connectivity index (χ1v) is 10.6. The fraction of sp³-hybridized carbons (Fsp3) is 0.261. The van der Waals surface area contributed by atoms with Crippen LogP contribution in [0.5, 0.6) is 0 Å². The van der Waals surface area contributed by atoms with Gasteiger partial charge in [-0.1, -0.05) is 60.1 Å². The third-order valence-corrected chi connectivity index (χ3v) is 5.74. The molecule has 9 heteroatoms. The molecule has 32 heavy (non-hydrogen) atoms. The average molecular weight is 455 g/mol. The molecule has 0 spiro atoms. The molecular weight excluding hydrogens is 432 g/mol. The molecule has 2 atom stereocenters. The topological polar surface area (TPSA) is 131 Å². The second kappa shape index (κ2) is 9.52. The number of nitrogens with one attached hydrogen (secondary N) is 1. The number of aliphatic hydroxyl groups is 2. The Morgan fingerprint density at radius 2 is 1.72 bits per heavy atom. The lowest BCUT2D eigenvalue weighted by Crippen LogP contribution is -2.31. The number of aromatic nitrogens is 2. The summed E-state index contributed by atoms with van der Waals surface area (Å²) in [5.41, 5.74) is 10.4. The first kappa shape index (κ1) is 22.0. The third-order valence-electron chi connectivity index (χ3n) is 5.56. The quantitative estimate of drug-likeness (QED) is 0.431. The molecule has 1 aromatic heterocycles. The van der Waals surface area contributed by atoms with Gasteiger partial charge in [-0.25, -0.2) is 4.79 Å². The highest BCUT2D eigenvalue weighted by atomic mass is 35.5. The number of rotatable bonds is 7. The molecule has 0 bridgehead atoms. The van der Waals surface area contributed by atoms with E-state index in [1.54, 1.807) is 0 Å². The van der Waals surface area contributed by atoms with Gasteiger partial charge >= 0.3 is 6.09 Å². The van der Waals surface area contributed by atoms with Crippen LogP contribution in [0.25, 0.3) is 11.1 Å². The number of carbonyl (C=O) groups excluding carboxylic acids is 1. The van der Waals surface area contributed by atoms with Crippen molar-refractivity contribution >= 4 is 23.5 Å². The van der Waals surface area contributed by atoms with Gasteiger partial charge in [0.25, 0.3) is 0 Å². The van der Waals surface area contributed by atoms with Gasteiger partial charge in [-0.05, 0) is 34.7 Å². The summed E-state index contributed by atoms with van der Waals surface area (Å²) in [5.74, 6) is -0.0575. The number of ether oxygens (including phenoxy) is 1. The molecule has 0 radical (unpaired) electrons. The van der Waals surface area contributed by atoms with Crippen LogP contribution >= 0.6 is 11.6 Å². The van der Waals surface area contributed by atoms with Gasteiger partial charge in [0.1, 0.15) is 12.7 Å².